The summed E-state index contributed by atoms with van der Waals surface area (Å²) in [5.41, 5.74) is 0. The molecule has 0 aromatic carbocycles. The number of unbranched alkanes of at least 4 members (excludes halogenated alkanes) is 1. The SMILES string of the molecule is CCCC[C@H]1OC(=O)[C@H]([C@H](C)C(=O)O)[C@H]1O. The van der Waals surface area contributed by atoms with E-state index in [1.807, 2.05) is 6.92 Å². The van der Waals surface area contributed by atoms with Gasteiger partial charge in [0.15, 0.2) is 0 Å². The molecule has 16 heavy (non-hydrogen) atoms. The van der Waals surface area contributed by atoms with Gasteiger partial charge in [0.2, 0.25) is 0 Å². The van der Waals surface area contributed by atoms with Gasteiger partial charge in [-0.15, -0.1) is 0 Å². The van der Waals surface area contributed by atoms with Gasteiger partial charge in [0.05, 0.1) is 11.8 Å². The van der Waals surface area contributed by atoms with Crippen LogP contribution in [0.2, 0.25) is 0 Å². The molecule has 1 saturated heterocycles. The minimum Gasteiger partial charge on any atom is -0.481 e. The van der Waals surface area contributed by atoms with E-state index in [-0.39, 0.29) is 0 Å². The fourth-order valence-electron chi connectivity index (χ4n) is 1.96. The summed E-state index contributed by atoms with van der Waals surface area (Å²) < 4.78 is 5.01. The molecule has 0 spiro atoms. The third-order valence-corrected chi connectivity index (χ3v) is 3.06. The van der Waals surface area contributed by atoms with Crippen molar-refractivity contribution in [2.75, 3.05) is 0 Å². The van der Waals surface area contributed by atoms with Crippen molar-refractivity contribution in [2.24, 2.45) is 11.8 Å². The summed E-state index contributed by atoms with van der Waals surface area (Å²) in [4.78, 5) is 22.2. The Labute approximate surface area is 94.4 Å². The van der Waals surface area contributed by atoms with Gasteiger partial charge in [-0.1, -0.05) is 20.3 Å². The number of aliphatic hydroxyl groups excluding tert-OH is 1. The van der Waals surface area contributed by atoms with Crippen LogP contribution in [0, 0.1) is 11.8 Å². The van der Waals surface area contributed by atoms with E-state index < -0.39 is 36.0 Å². The first-order valence-corrected chi connectivity index (χ1v) is 5.60. The van der Waals surface area contributed by atoms with Gasteiger partial charge < -0.3 is 14.9 Å². The Bertz CT molecular complexity index is 276. The van der Waals surface area contributed by atoms with Crippen LogP contribution in [0.1, 0.15) is 33.1 Å². The average molecular weight is 230 g/mol. The zero-order valence-electron chi connectivity index (χ0n) is 9.55. The number of esters is 1. The van der Waals surface area contributed by atoms with Crippen LogP contribution in [0.15, 0.2) is 0 Å². The predicted octanol–water partition coefficient (Wildman–Crippen LogP) is 0.800. The Morgan fingerprint density at radius 2 is 2.19 bits per heavy atom. The number of hydrogen-bond donors (Lipinski definition) is 2. The number of rotatable bonds is 5. The topological polar surface area (TPSA) is 83.8 Å². The lowest BCUT2D eigenvalue weighted by molar-refractivity contribution is -0.152. The maximum absolute atomic E-state index is 11.5. The lowest BCUT2D eigenvalue weighted by atomic mass is 9.87. The molecule has 1 aliphatic rings. The third kappa shape index (κ3) is 2.52. The Morgan fingerprint density at radius 1 is 1.56 bits per heavy atom. The quantitative estimate of drug-likeness (QED) is 0.682. The van der Waals surface area contributed by atoms with Gasteiger partial charge in [-0.05, 0) is 12.8 Å². The van der Waals surface area contributed by atoms with Gasteiger partial charge in [0, 0.05) is 0 Å². The van der Waals surface area contributed by atoms with Crippen LogP contribution in [0.25, 0.3) is 0 Å². The molecule has 0 bridgehead atoms. The lowest BCUT2D eigenvalue weighted by Crippen LogP contribution is -2.34. The molecular weight excluding hydrogens is 212 g/mol. The van der Waals surface area contributed by atoms with Crippen molar-refractivity contribution >= 4 is 11.9 Å². The van der Waals surface area contributed by atoms with Crippen LogP contribution >= 0.6 is 0 Å². The Kier molecular flexibility index (Phi) is 4.29. The van der Waals surface area contributed by atoms with Gasteiger partial charge >= 0.3 is 11.9 Å². The number of cyclic esters (lactones) is 1. The Balaban J connectivity index is 2.67. The van der Waals surface area contributed by atoms with E-state index in [1.54, 1.807) is 0 Å². The summed E-state index contributed by atoms with van der Waals surface area (Å²) in [5, 5.41) is 18.7. The van der Waals surface area contributed by atoms with E-state index in [0.29, 0.717) is 6.42 Å². The Hall–Kier alpha value is -1.10. The summed E-state index contributed by atoms with van der Waals surface area (Å²) >= 11 is 0. The molecule has 5 heteroatoms. The smallest absolute Gasteiger partial charge is 0.312 e. The van der Waals surface area contributed by atoms with Crippen molar-refractivity contribution in [3.63, 3.8) is 0 Å². The molecule has 1 heterocycles. The monoisotopic (exact) mass is 230 g/mol. The minimum absolute atomic E-state index is 0.542. The zero-order chi connectivity index (χ0) is 12.3. The fourth-order valence-corrected chi connectivity index (χ4v) is 1.96. The van der Waals surface area contributed by atoms with Gasteiger partial charge in [-0.3, -0.25) is 9.59 Å². The molecule has 0 saturated carbocycles. The predicted molar refractivity (Wildman–Crippen MR) is 55.7 cm³/mol. The third-order valence-electron chi connectivity index (χ3n) is 3.06. The van der Waals surface area contributed by atoms with Gasteiger partial charge in [0.25, 0.3) is 0 Å². The summed E-state index contributed by atoms with van der Waals surface area (Å²) in [7, 11) is 0. The maximum atomic E-state index is 11.5. The number of ether oxygens (including phenoxy) is 1. The number of aliphatic hydroxyl groups is 1. The molecule has 1 fully saturated rings. The molecule has 4 atom stereocenters. The molecule has 0 radical (unpaired) electrons. The minimum atomic E-state index is -1.09. The molecule has 0 unspecified atom stereocenters. The first kappa shape index (κ1) is 13.0. The van der Waals surface area contributed by atoms with Crippen LogP contribution in [0.4, 0.5) is 0 Å². The number of carbonyl (C=O) groups excluding carboxylic acids is 1. The van der Waals surface area contributed by atoms with E-state index in [4.69, 9.17) is 9.84 Å². The molecule has 0 aromatic heterocycles. The van der Waals surface area contributed by atoms with E-state index in [1.165, 1.54) is 6.92 Å². The van der Waals surface area contributed by atoms with Crippen molar-refractivity contribution in [1.82, 2.24) is 0 Å². The summed E-state index contributed by atoms with van der Waals surface area (Å²) in [6.07, 6.45) is 0.847. The summed E-state index contributed by atoms with van der Waals surface area (Å²) in [6.45, 7) is 3.42. The van der Waals surface area contributed by atoms with Crippen molar-refractivity contribution < 1.29 is 24.5 Å². The molecule has 5 nitrogen and oxygen atoms in total. The van der Waals surface area contributed by atoms with Crippen molar-refractivity contribution in [3.05, 3.63) is 0 Å². The van der Waals surface area contributed by atoms with Crippen molar-refractivity contribution in [3.8, 4) is 0 Å². The number of hydrogen-bond acceptors (Lipinski definition) is 4. The first-order chi connectivity index (χ1) is 7.49. The molecule has 92 valence electrons. The summed E-state index contributed by atoms with van der Waals surface area (Å²) in [5.74, 6) is -3.52. The van der Waals surface area contributed by atoms with Crippen LogP contribution in [-0.4, -0.2) is 34.4 Å². The van der Waals surface area contributed by atoms with Crippen molar-refractivity contribution in [1.29, 1.82) is 0 Å². The highest BCUT2D eigenvalue weighted by atomic mass is 16.6. The van der Waals surface area contributed by atoms with Crippen LogP contribution in [0.3, 0.4) is 0 Å². The highest BCUT2D eigenvalue weighted by Crippen LogP contribution is 2.31. The van der Waals surface area contributed by atoms with E-state index >= 15 is 0 Å². The largest absolute Gasteiger partial charge is 0.481 e. The molecule has 1 aliphatic heterocycles. The lowest BCUT2D eigenvalue weighted by Gasteiger charge is -2.17. The molecule has 0 aromatic rings. The second-order valence-corrected chi connectivity index (χ2v) is 4.26. The van der Waals surface area contributed by atoms with Gasteiger partial charge in [0.1, 0.15) is 12.2 Å². The van der Waals surface area contributed by atoms with Gasteiger partial charge in [-0.2, -0.15) is 0 Å². The van der Waals surface area contributed by atoms with Crippen LogP contribution in [0.5, 0.6) is 0 Å². The standard InChI is InChI=1S/C11H18O5/c1-3-4-5-7-9(12)8(11(15)16-7)6(2)10(13)14/h6-9,12H,3-5H2,1-2H3,(H,13,14)/t6-,7+,8+,9-/m0/s1. The van der Waals surface area contributed by atoms with Crippen LogP contribution in [-0.2, 0) is 14.3 Å². The van der Waals surface area contributed by atoms with Crippen molar-refractivity contribution in [2.45, 2.75) is 45.3 Å². The Morgan fingerprint density at radius 3 is 2.69 bits per heavy atom. The number of carbonyl (C=O) groups is 2. The molecular formula is C11H18O5. The van der Waals surface area contributed by atoms with Crippen LogP contribution < -0.4 is 0 Å². The number of aliphatic carboxylic acids is 1. The highest BCUT2D eigenvalue weighted by Gasteiger charge is 2.47. The second-order valence-electron chi connectivity index (χ2n) is 4.26. The highest BCUT2D eigenvalue weighted by molar-refractivity contribution is 5.83. The second kappa shape index (κ2) is 5.30. The first-order valence-electron chi connectivity index (χ1n) is 5.60. The van der Waals surface area contributed by atoms with E-state index in [9.17, 15) is 14.7 Å². The molecule has 0 amide bonds. The number of carboxylic acids is 1. The molecule has 1 rings (SSSR count). The average Bonchev–Trinajstić information content (AvgIpc) is 2.50. The summed E-state index contributed by atoms with van der Waals surface area (Å²) in [6, 6.07) is 0. The fraction of sp³-hybridized carbons (Fsp3) is 0.818. The zero-order valence-corrected chi connectivity index (χ0v) is 9.55. The van der Waals surface area contributed by atoms with Gasteiger partial charge in [-0.25, -0.2) is 0 Å². The molecule has 0 aliphatic carbocycles. The maximum Gasteiger partial charge on any atom is 0.312 e. The van der Waals surface area contributed by atoms with E-state index in [2.05, 4.69) is 0 Å². The number of carboxylic acid groups (broad SMARTS) is 1. The van der Waals surface area contributed by atoms with E-state index in [0.717, 1.165) is 12.8 Å². The normalized spacial score (nSPS) is 31.2. The molecule has 2 N–H and O–H groups in total.